The van der Waals surface area contributed by atoms with Gasteiger partial charge in [0.15, 0.2) is 0 Å². The van der Waals surface area contributed by atoms with Gasteiger partial charge >= 0.3 is 0 Å². The first-order valence-electron chi connectivity index (χ1n) is 6.89. The third-order valence-electron chi connectivity index (χ3n) is 3.99. The van der Waals surface area contributed by atoms with E-state index in [2.05, 4.69) is 12.2 Å². The van der Waals surface area contributed by atoms with Gasteiger partial charge < -0.3 is 10.0 Å². The Hall–Kier alpha value is -0.830. The van der Waals surface area contributed by atoms with Crippen LogP contribution in [0.15, 0.2) is 12.2 Å². The summed E-state index contributed by atoms with van der Waals surface area (Å²) >= 11 is 0. The highest BCUT2D eigenvalue weighted by molar-refractivity contribution is 5.79. The molecule has 1 amide bonds. The molecular weight excluding hydrogens is 214 g/mol. The van der Waals surface area contributed by atoms with Crippen molar-refractivity contribution in [3.8, 4) is 0 Å². The average molecular weight is 237 g/mol. The van der Waals surface area contributed by atoms with Gasteiger partial charge in [0, 0.05) is 12.5 Å². The van der Waals surface area contributed by atoms with E-state index in [0.717, 1.165) is 45.1 Å². The first kappa shape index (κ1) is 12.6. The molecule has 0 bridgehead atoms. The zero-order valence-electron chi connectivity index (χ0n) is 10.5. The second kappa shape index (κ2) is 6.20. The van der Waals surface area contributed by atoms with E-state index in [4.69, 9.17) is 0 Å². The van der Waals surface area contributed by atoms with E-state index in [1.54, 1.807) is 0 Å². The molecule has 3 nitrogen and oxygen atoms in total. The molecule has 0 aromatic carbocycles. The fraction of sp³-hybridized carbons (Fsp3) is 0.786. The molecule has 2 rings (SSSR count). The topological polar surface area (TPSA) is 40.5 Å². The van der Waals surface area contributed by atoms with Crippen LogP contribution in [0.1, 0.15) is 44.9 Å². The predicted octanol–water partition coefficient (Wildman–Crippen LogP) is 2.11. The van der Waals surface area contributed by atoms with Crippen LogP contribution in [0.4, 0.5) is 0 Å². The summed E-state index contributed by atoms with van der Waals surface area (Å²) in [4.78, 5) is 14.4. The average Bonchev–Trinajstić information content (AvgIpc) is 2.64. The fourth-order valence-electron chi connectivity index (χ4n) is 2.91. The fourth-order valence-corrected chi connectivity index (χ4v) is 2.91. The van der Waals surface area contributed by atoms with Crippen LogP contribution in [0.3, 0.4) is 0 Å². The van der Waals surface area contributed by atoms with Gasteiger partial charge in [0.1, 0.15) is 0 Å². The van der Waals surface area contributed by atoms with E-state index in [-0.39, 0.29) is 24.5 Å². The van der Waals surface area contributed by atoms with E-state index in [0.29, 0.717) is 0 Å². The quantitative estimate of drug-likeness (QED) is 0.747. The maximum Gasteiger partial charge on any atom is 0.226 e. The number of likely N-dealkylation sites (tertiary alicyclic amines) is 1. The summed E-state index contributed by atoms with van der Waals surface area (Å²) in [5, 5.41) is 9.43. The monoisotopic (exact) mass is 237 g/mol. The van der Waals surface area contributed by atoms with Crippen LogP contribution < -0.4 is 0 Å². The van der Waals surface area contributed by atoms with E-state index < -0.39 is 0 Å². The molecule has 96 valence electrons. The first-order valence-corrected chi connectivity index (χ1v) is 6.89. The van der Waals surface area contributed by atoms with Crippen molar-refractivity contribution in [3.05, 3.63) is 12.2 Å². The van der Waals surface area contributed by atoms with E-state index in [1.807, 2.05) is 4.90 Å². The number of allylic oxidation sites excluding steroid dienone is 2. The summed E-state index contributed by atoms with van der Waals surface area (Å²) < 4.78 is 0. The minimum Gasteiger partial charge on any atom is -0.394 e. The highest BCUT2D eigenvalue weighted by Gasteiger charge is 2.29. The van der Waals surface area contributed by atoms with Crippen LogP contribution in [0.25, 0.3) is 0 Å². The van der Waals surface area contributed by atoms with Crippen LogP contribution in [0.5, 0.6) is 0 Å². The summed E-state index contributed by atoms with van der Waals surface area (Å²) in [5.41, 5.74) is 0. The summed E-state index contributed by atoms with van der Waals surface area (Å²) in [6.07, 6.45) is 11.5. The minimum atomic E-state index is 0.0657. The maximum atomic E-state index is 12.5. The molecule has 3 heteroatoms. The van der Waals surface area contributed by atoms with Crippen molar-refractivity contribution >= 4 is 5.91 Å². The molecule has 0 spiro atoms. The molecule has 0 radical (unpaired) electrons. The van der Waals surface area contributed by atoms with E-state index in [1.165, 1.54) is 6.42 Å². The zero-order valence-corrected chi connectivity index (χ0v) is 10.5. The van der Waals surface area contributed by atoms with Crippen LogP contribution in [-0.4, -0.2) is 35.1 Å². The smallest absolute Gasteiger partial charge is 0.226 e. The second-order valence-corrected chi connectivity index (χ2v) is 5.20. The standard InChI is InChI=1S/C14H23NO2/c16-11-13-9-5-2-6-10-15(13)14(17)12-7-3-1-4-8-12/h1,3,12-13,16H,2,4-11H2. The number of aliphatic hydroxyl groups is 1. The normalized spacial score (nSPS) is 30.1. The molecule has 2 aliphatic rings. The van der Waals surface area contributed by atoms with Gasteiger partial charge in [0.25, 0.3) is 0 Å². The van der Waals surface area contributed by atoms with Crippen molar-refractivity contribution in [3.63, 3.8) is 0 Å². The molecule has 0 aromatic heterocycles. The first-order chi connectivity index (χ1) is 8.33. The number of amides is 1. The minimum absolute atomic E-state index is 0.0657. The summed E-state index contributed by atoms with van der Waals surface area (Å²) in [5.74, 6) is 0.433. The molecule has 0 saturated carbocycles. The van der Waals surface area contributed by atoms with Gasteiger partial charge in [0.2, 0.25) is 5.91 Å². The lowest BCUT2D eigenvalue weighted by Gasteiger charge is -2.32. The number of nitrogens with zero attached hydrogens (tertiary/aromatic N) is 1. The summed E-state index contributed by atoms with van der Waals surface area (Å²) in [6, 6.07) is 0.0657. The number of aliphatic hydroxyl groups excluding tert-OH is 1. The Morgan fingerprint density at radius 1 is 1.24 bits per heavy atom. The highest BCUT2D eigenvalue weighted by atomic mass is 16.3. The number of carbonyl (C=O) groups excluding carboxylic acids is 1. The predicted molar refractivity (Wildman–Crippen MR) is 67.5 cm³/mol. The van der Waals surface area contributed by atoms with Crippen LogP contribution in [0, 0.1) is 5.92 Å². The van der Waals surface area contributed by atoms with Gasteiger partial charge in [-0.2, -0.15) is 0 Å². The van der Waals surface area contributed by atoms with Crippen molar-refractivity contribution < 1.29 is 9.90 Å². The van der Waals surface area contributed by atoms with Crippen LogP contribution in [0.2, 0.25) is 0 Å². The van der Waals surface area contributed by atoms with Gasteiger partial charge in [-0.25, -0.2) is 0 Å². The molecule has 1 fully saturated rings. The Kier molecular flexibility index (Phi) is 4.60. The van der Waals surface area contributed by atoms with E-state index in [9.17, 15) is 9.90 Å². The van der Waals surface area contributed by atoms with Crippen molar-refractivity contribution in [2.24, 2.45) is 5.92 Å². The van der Waals surface area contributed by atoms with Crippen molar-refractivity contribution in [1.82, 2.24) is 4.90 Å². The Bertz CT molecular complexity index is 288. The van der Waals surface area contributed by atoms with Gasteiger partial charge in [-0.15, -0.1) is 0 Å². The SMILES string of the molecule is O=C(C1CC=CCC1)N1CCCCCC1CO. The second-order valence-electron chi connectivity index (χ2n) is 5.20. The lowest BCUT2D eigenvalue weighted by Crippen LogP contribution is -2.45. The highest BCUT2D eigenvalue weighted by Crippen LogP contribution is 2.24. The molecule has 1 N–H and O–H groups in total. The number of hydrogen-bond acceptors (Lipinski definition) is 2. The molecule has 1 aliphatic heterocycles. The molecule has 0 aromatic rings. The molecule has 17 heavy (non-hydrogen) atoms. The maximum absolute atomic E-state index is 12.5. The third-order valence-corrected chi connectivity index (χ3v) is 3.99. The van der Waals surface area contributed by atoms with Crippen molar-refractivity contribution in [1.29, 1.82) is 0 Å². The Balaban J connectivity index is 2.01. The van der Waals surface area contributed by atoms with Crippen molar-refractivity contribution in [2.75, 3.05) is 13.2 Å². The molecule has 2 atom stereocenters. The Labute approximate surface area is 103 Å². The summed E-state index contributed by atoms with van der Waals surface area (Å²) in [6.45, 7) is 0.957. The molecule has 1 heterocycles. The molecule has 2 unspecified atom stereocenters. The Morgan fingerprint density at radius 3 is 2.82 bits per heavy atom. The van der Waals surface area contributed by atoms with Gasteiger partial charge in [0.05, 0.1) is 12.6 Å². The van der Waals surface area contributed by atoms with Gasteiger partial charge in [-0.05, 0) is 32.1 Å². The van der Waals surface area contributed by atoms with Crippen LogP contribution >= 0.6 is 0 Å². The van der Waals surface area contributed by atoms with Gasteiger partial charge in [-0.1, -0.05) is 25.0 Å². The van der Waals surface area contributed by atoms with E-state index >= 15 is 0 Å². The lowest BCUT2D eigenvalue weighted by molar-refractivity contribution is -0.139. The molecular formula is C14H23NO2. The van der Waals surface area contributed by atoms with Crippen LogP contribution in [-0.2, 0) is 4.79 Å². The third kappa shape index (κ3) is 3.09. The summed E-state index contributed by atoms with van der Waals surface area (Å²) in [7, 11) is 0. The van der Waals surface area contributed by atoms with Gasteiger partial charge in [-0.3, -0.25) is 4.79 Å². The largest absolute Gasteiger partial charge is 0.394 e. The molecule has 1 saturated heterocycles. The number of rotatable bonds is 2. The molecule has 1 aliphatic carbocycles. The lowest BCUT2D eigenvalue weighted by atomic mass is 9.92. The van der Waals surface area contributed by atoms with Crippen molar-refractivity contribution in [2.45, 2.75) is 51.0 Å². The zero-order chi connectivity index (χ0) is 12.1. The number of carbonyl (C=O) groups is 1. The number of hydrogen-bond donors (Lipinski definition) is 1. The Morgan fingerprint density at radius 2 is 2.12 bits per heavy atom.